The van der Waals surface area contributed by atoms with Gasteiger partial charge in [0.15, 0.2) is 11.0 Å². The van der Waals surface area contributed by atoms with Crippen molar-refractivity contribution in [2.75, 3.05) is 5.75 Å². The van der Waals surface area contributed by atoms with E-state index >= 15 is 0 Å². The molecule has 0 aromatic heterocycles. The second kappa shape index (κ2) is 8.52. The summed E-state index contributed by atoms with van der Waals surface area (Å²) in [5.74, 6) is 0.0268. The Morgan fingerprint density at radius 2 is 1.79 bits per heavy atom. The van der Waals surface area contributed by atoms with Crippen molar-refractivity contribution in [1.29, 1.82) is 0 Å². The van der Waals surface area contributed by atoms with Crippen molar-refractivity contribution in [2.24, 2.45) is 4.99 Å². The van der Waals surface area contributed by atoms with Crippen LogP contribution in [0, 0.1) is 6.92 Å². The molecule has 3 aromatic rings. The molecule has 3 aromatic carbocycles. The lowest BCUT2D eigenvalue weighted by atomic mass is 10.0. The van der Waals surface area contributed by atoms with E-state index in [1.807, 2.05) is 38.1 Å². The maximum atomic E-state index is 13.7. The molecule has 0 radical (unpaired) electrons. The van der Waals surface area contributed by atoms with Gasteiger partial charge in [0.05, 0.1) is 15.5 Å². The number of sulfone groups is 1. The zero-order valence-corrected chi connectivity index (χ0v) is 20.3. The molecule has 1 amide bonds. The first-order valence-electron chi connectivity index (χ1n) is 11.0. The number of benzene rings is 3. The summed E-state index contributed by atoms with van der Waals surface area (Å²) in [4.78, 5) is 32.8. The van der Waals surface area contributed by atoms with Crippen LogP contribution < -0.4 is 0 Å². The molecule has 1 atom stereocenters. The van der Waals surface area contributed by atoms with Gasteiger partial charge in [0.2, 0.25) is 9.84 Å². The van der Waals surface area contributed by atoms with Crippen LogP contribution in [0.3, 0.4) is 0 Å². The SMILES string of the molecule is CC[C@H]1CSC(=Nc2cccc(C)c2)N1C(=O)c1ccc2c(c1)S(=O)(=O)c1ccccc1C2=O. The lowest BCUT2D eigenvalue weighted by Gasteiger charge is -2.24. The van der Waals surface area contributed by atoms with Gasteiger partial charge in [-0.15, -0.1) is 0 Å². The highest BCUT2D eigenvalue weighted by atomic mass is 32.2. The second-order valence-electron chi connectivity index (χ2n) is 8.32. The molecule has 8 heteroatoms. The number of rotatable bonds is 3. The summed E-state index contributed by atoms with van der Waals surface area (Å²) in [6, 6.07) is 18.2. The lowest BCUT2D eigenvalue weighted by molar-refractivity contribution is 0.0818. The van der Waals surface area contributed by atoms with E-state index in [4.69, 9.17) is 4.99 Å². The minimum Gasteiger partial charge on any atom is -0.289 e. The highest BCUT2D eigenvalue weighted by Crippen LogP contribution is 2.36. The number of fused-ring (bicyclic) bond motifs is 2. The molecule has 0 aliphatic carbocycles. The fourth-order valence-corrected chi connectivity index (χ4v) is 7.22. The Bertz CT molecular complexity index is 1480. The van der Waals surface area contributed by atoms with Gasteiger partial charge in [-0.1, -0.05) is 43.0 Å². The molecule has 5 rings (SSSR count). The largest absolute Gasteiger partial charge is 0.289 e. The zero-order valence-electron chi connectivity index (χ0n) is 18.7. The Morgan fingerprint density at radius 3 is 2.56 bits per heavy atom. The average Bonchev–Trinajstić information content (AvgIpc) is 3.24. The van der Waals surface area contributed by atoms with Gasteiger partial charge in [-0.25, -0.2) is 13.4 Å². The molecular formula is C26H22N2O4S2. The van der Waals surface area contributed by atoms with Crippen LogP contribution in [-0.4, -0.2) is 42.0 Å². The lowest BCUT2D eigenvalue weighted by Crippen LogP contribution is -2.39. The molecule has 0 bridgehead atoms. The van der Waals surface area contributed by atoms with Crippen LogP contribution in [0.15, 0.2) is 81.5 Å². The van der Waals surface area contributed by atoms with Gasteiger partial charge in [0.25, 0.3) is 5.91 Å². The molecule has 0 unspecified atom stereocenters. The number of ketones is 1. The minimum absolute atomic E-state index is 0.0260. The maximum Gasteiger partial charge on any atom is 0.260 e. The van der Waals surface area contributed by atoms with Gasteiger partial charge in [0, 0.05) is 28.5 Å². The van der Waals surface area contributed by atoms with Crippen molar-refractivity contribution >= 4 is 44.1 Å². The summed E-state index contributed by atoms with van der Waals surface area (Å²) in [5, 5.41) is 0.587. The number of carbonyl (C=O) groups excluding carboxylic acids is 2. The van der Waals surface area contributed by atoms with E-state index in [1.165, 1.54) is 42.1 Å². The quantitative estimate of drug-likeness (QED) is 0.402. The first-order valence-corrected chi connectivity index (χ1v) is 13.4. The zero-order chi connectivity index (χ0) is 24.0. The Kier molecular flexibility index (Phi) is 5.65. The highest BCUT2D eigenvalue weighted by Gasteiger charge is 2.38. The molecule has 172 valence electrons. The van der Waals surface area contributed by atoms with Crippen molar-refractivity contribution in [3.63, 3.8) is 0 Å². The molecule has 0 N–H and O–H groups in total. The van der Waals surface area contributed by atoms with Crippen molar-refractivity contribution in [3.05, 3.63) is 89.0 Å². The Hall–Kier alpha value is -3.23. The molecular weight excluding hydrogens is 468 g/mol. The fourth-order valence-electron chi connectivity index (χ4n) is 4.27. The number of aliphatic imine (C=N–C) groups is 1. The molecule has 34 heavy (non-hydrogen) atoms. The van der Waals surface area contributed by atoms with E-state index in [0.717, 1.165) is 17.7 Å². The second-order valence-corrected chi connectivity index (χ2v) is 11.2. The summed E-state index contributed by atoms with van der Waals surface area (Å²) in [6.45, 7) is 3.99. The number of hydrogen-bond donors (Lipinski definition) is 0. The molecule has 2 aliphatic heterocycles. The highest BCUT2D eigenvalue weighted by molar-refractivity contribution is 8.14. The van der Waals surface area contributed by atoms with Crippen LogP contribution in [0.2, 0.25) is 0 Å². The molecule has 6 nitrogen and oxygen atoms in total. The van der Waals surface area contributed by atoms with E-state index in [9.17, 15) is 18.0 Å². The van der Waals surface area contributed by atoms with Crippen LogP contribution in [0.1, 0.15) is 45.2 Å². The number of amides is 1. The van der Waals surface area contributed by atoms with Gasteiger partial charge in [-0.2, -0.15) is 0 Å². The topological polar surface area (TPSA) is 83.9 Å². The summed E-state index contributed by atoms with van der Waals surface area (Å²) in [6.07, 6.45) is 0.737. The third-order valence-corrected chi connectivity index (χ3v) is 9.03. The van der Waals surface area contributed by atoms with Gasteiger partial charge in [0.1, 0.15) is 0 Å². The molecule has 2 aliphatic rings. The average molecular weight is 491 g/mol. The van der Waals surface area contributed by atoms with Crippen LogP contribution >= 0.6 is 11.8 Å². The molecule has 2 heterocycles. The van der Waals surface area contributed by atoms with Gasteiger partial charge < -0.3 is 0 Å². The molecule has 0 spiro atoms. The smallest absolute Gasteiger partial charge is 0.260 e. The number of amidine groups is 1. The first kappa shape index (κ1) is 22.6. The monoisotopic (exact) mass is 490 g/mol. The maximum absolute atomic E-state index is 13.7. The third kappa shape index (κ3) is 3.67. The molecule has 1 fully saturated rings. The first-order chi connectivity index (χ1) is 16.3. The van der Waals surface area contributed by atoms with E-state index in [-0.39, 0.29) is 44.2 Å². The van der Waals surface area contributed by atoms with Crippen LogP contribution in [0.25, 0.3) is 0 Å². The van der Waals surface area contributed by atoms with Crippen molar-refractivity contribution in [1.82, 2.24) is 4.90 Å². The van der Waals surface area contributed by atoms with E-state index in [1.54, 1.807) is 17.0 Å². The Labute approximate surface area is 202 Å². The summed E-state index contributed by atoms with van der Waals surface area (Å²) in [7, 11) is -3.93. The molecule has 0 saturated carbocycles. The van der Waals surface area contributed by atoms with Crippen LogP contribution in [0.4, 0.5) is 5.69 Å². The summed E-state index contributed by atoms with van der Waals surface area (Å²) >= 11 is 1.51. The van der Waals surface area contributed by atoms with Crippen LogP contribution in [0.5, 0.6) is 0 Å². The summed E-state index contributed by atoms with van der Waals surface area (Å²) in [5.41, 5.74) is 2.29. The van der Waals surface area contributed by atoms with Gasteiger partial charge >= 0.3 is 0 Å². The minimum atomic E-state index is -3.93. The van der Waals surface area contributed by atoms with Crippen molar-refractivity contribution in [2.45, 2.75) is 36.1 Å². The van der Waals surface area contributed by atoms with Gasteiger partial charge in [-0.05, 0) is 61.4 Å². The van der Waals surface area contributed by atoms with E-state index in [2.05, 4.69) is 0 Å². The van der Waals surface area contributed by atoms with E-state index in [0.29, 0.717) is 10.9 Å². The Balaban J connectivity index is 1.57. The number of thioether (sulfide) groups is 1. The van der Waals surface area contributed by atoms with Crippen molar-refractivity contribution in [3.8, 4) is 0 Å². The standard InChI is InChI=1S/C26H22N2O4S2/c1-3-19-15-33-26(27-18-8-6-7-16(2)13-18)28(19)25(30)17-11-12-21-23(14-17)34(31,32)22-10-5-4-9-20(22)24(21)29/h4-14,19H,3,15H2,1-2H3/t19-/m0/s1. The fraction of sp³-hybridized carbons (Fsp3) is 0.192. The third-order valence-electron chi connectivity index (χ3n) is 6.08. The summed E-state index contributed by atoms with van der Waals surface area (Å²) < 4.78 is 26.6. The molecule has 1 saturated heterocycles. The predicted molar refractivity (Wildman–Crippen MR) is 133 cm³/mol. The normalized spacial score (nSPS) is 19.7. The predicted octanol–water partition coefficient (Wildman–Crippen LogP) is 5.03. The van der Waals surface area contributed by atoms with Gasteiger partial charge in [-0.3, -0.25) is 14.5 Å². The van der Waals surface area contributed by atoms with E-state index < -0.39 is 9.84 Å². The number of carbonyl (C=O) groups is 2. The number of aryl methyl sites for hydroxylation is 1. The number of nitrogens with zero attached hydrogens (tertiary/aromatic N) is 2. The number of hydrogen-bond acceptors (Lipinski definition) is 6. The Morgan fingerprint density at radius 1 is 1.03 bits per heavy atom. The van der Waals surface area contributed by atoms with Crippen molar-refractivity contribution < 1.29 is 18.0 Å². The van der Waals surface area contributed by atoms with Crippen LogP contribution in [-0.2, 0) is 9.84 Å².